The van der Waals surface area contributed by atoms with Crippen molar-refractivity contribution < 1.29 is 22.4 Å². The zero-order valence-corrected chi connectivity index (χ0v) is 4.59. The van der Waals surface area contributed by atoms with E-state index in [9.17, 15) is 0 Å². The minimum absolute atomic E-state index is 0. The third kappa shape index (κ3) is 63.7. The summed E-state index contributed by atoms with van der Waals surface area (Å²) in [5.41, 5.74) is 0. The molecule has 0 saturated carbocycles. The van der Waals surface area contributed by atoms with Crippen LogP contribution in [0.3, 0.4) is 0 Å². The van der Waals surface area contributed by atoms with Gasteiger partial charge in [-0.1, -0.05) is 0 Å². The standard InChI is InChI=1S/CN.CH3.Nb/c1-2;;/h;1H3;/q2*-1;. The normalized spacial score (nSPS) is 0.500. The number of rotatable bonds is 0. The van der Waals surface area contributed by atoms with Crippen LogP contribution in [0.1, 0.15) is 0 Å². The van der Waals surface area contributed by atoms with E-state index in [0.29, 0.717) is 0 Å². The molecule has 0 fully saturated rings. The summed E-state index contributed by atoms with van der Waals surface area (Å²) in [4.78, 5) is 0. The number of nitrogens with zero attached hydrogens (tertiary/aromatic N) is 1. The first-order valence-electron chi connectivity index (χ1n) is 0.224. The van der Waals surface area contributed by atoms with Gasteiger partial charge in [-0.3, -0.25) is 0 Å². The molecule has 0 aromatic carbocycles. The fraction of sp³-hybridized carbons (Fsp3) is 0. The Balaban J connectivity index is -0.00000000500. The van der Waals surface area contributed by atoms with E-state index < -0.39 is 0 Å². The Bertz CT molecular complexity index is 10.8. The van der Waals surface area contributed by atoms with Crippen molar-refractivity contribution in [1.82, 2.24) is 0 Å². The van der Waals surface area contributed by atoms with Crippen LogP contribution < -0.4 is 0 Å². The van der Waals surface area contributed by atoms with Crippen molar-refractivity contribution in [2.75, 3.05) is 0 Å². The zero-order chi connectivity index (χ0) is 2.00. The molecular formula is C2H3NNb-2. The summed E-state index contributed by atoms with van der Waals surface area (Å²) in [7, 11) is 0. The summed E-state index contributed by atoms with van der Waals surface area (Å²) >= 11 is 0. The van der Waals surface area contributed by atoms with Gasteiger partial charge in [-0.2, -0.15) is 0 Å². The first-order chi connectivity index (χ1) is 1.00. The van der Waals surface area contributed by atoms with Crippen molar-refractivity contribution in [3.8, 4) is 0 Å². The van der Waals surface area contributed by atoms with E-state index >= 15 is 0 Å². The zero-order valence-electron chi connectivity index (χ0n) is 2.39. The fourth-order valence-corrected chi connectivity index (χ4v) is 0. The molecule has 0 spiro atoms. The van der Waals surface area contributed by atoms with Crippen molar-refractivity contribution in [2.45, 2.75) is 0 Å². The molecule has 0 N–H and O–H groups in total. The van der Waals surface area contributed by atoms with E-state index in [1.807, 2.05) is 0 Å². The molecule has 0 saturated heterocycles. The van der Waals surface area contributed by atoms with Gasteiger partial charge in [0.1, 0.15) is 0 Å². The van der Waals surface area contributed by atoms with E-state index in [2.05, 4.69) is 0 Å². The van der Waals surface area contributed by atoms with Gasteiger partial charge in [0.05, 0.1) is 0 Å². The van der Waals surface area contributed by atoms with E-state index in [0.717, 1.165) is 0 Å². The molecule has 23 valence electrons. The van der Waals surface area contributed by atoms with Crippen LogP contribution in [0.2, 0.25) is 0 Å². The van der Waals surface area contributed by atoms with Crippen molar-refractivity contribution in [1.29, 1.82) is 5.26 Å². The van der Waals surface area contributed by atoms with E-state index in [4.69, 9.17) is 11.8 Å². The second kappa shape index (κ2) is 303. The summed E-state index contributed by atoms with van der Waals surface area (Å²) in [5.74, 6) is 0. The van der Waals surface area contributed by atoms with Crippen molar-refractivity contribution in [3.63, 3.8) is 0 Å². The molecule has 0 aliphatic heterocycles. The maximum atomic E-state index is 6.25. The topological polar surface area (TPSA) is 23.8 Å². The molecule has 0 rings (SSSR count). The molecule has 0 aromatic rings. The molecule has 0 heterocycles. The Morgan fingerprint density at radius 1 is 1.25 bits per heavy atom. The Labute approximate surface area is 42.1 Å². The molecule has 0 aliphatic carbocycles. The Morgan fingerprint density at radius 3 is 1.25 bits per heavy atom. The van der Waals surface area contributed by atoms with Crippen LogP contribution in [-0.2, 0) is 22.4 Å². The van der Waals surface area contributed by atoms with Crippen LogP contribution in [0.5, 0.6) is 0 Å². The molecule has 0 bridgehead atoms. The number of hydrogen-bond acceptors (Lipinski definition) is 1. The summed E-state index contributed by atoms with van der Waals surface area (Å²) in [6.07, 6.45) is 0. The fourth-order valence-electron chi connectivity index (χ4n) is 0. The van der Waals surface area contributed by atoms with Gasteiger partial charge in [0, 0.05) is 22.4 Å². The van der Waals surface area contributed by atoms with E-state index in [1.165, 1.54) is 0 Å². The van der Waals surface area contributed by atoms with Crippen molar-refractivity contribution >= 4 is 0 Å². The Kier molecular flexibility index (Phi) is 2210. The largest absolute Gasteiger partial charge is 0.512 e. The molecule has 0 aromatic heterocycles. The summed E-state index contributed by atoms with van der Waals surface area (Å²) in [6.45, 7) is 4.75. The Hall–Kier alpha value is 0.230. The van der Waals surface area contributed by atoms with Crippen LogP contribution in [-0.4, -0.2) is 0 Å². The maximum Gasteiger partial charge on any atom is 0 e. The molecule has 0 unspecified atom stereocenters. The van der Waals surface area contributed by atoms with Crippen LogP contribution in [0.4, 0.5) is 0 Å². The van der Waals surface area contributed by atoms with Gasteiger partial charge < -0.3 is 19.3 Å². The summed E-state index contributed by atoms with van der Waals surface area (Å²) in [5, 5.41) is 6.25. The minimum atomic E-state index is 0. The third-order valence-corrected chi connectivity index (χ3v) is 0. The molecule has 2 heteroatoms. The van der Waals surface area contributed by atoms with E-state index in [-0.39, 0.29) is 29.8 Å². The average Bonchev–Trinajstić information content (AvgIpc) is 1.00. The maximum absolute atomic E-state index is 6.25. The van der Waals surface area contributed by atoms with Crippen LogP contribution >= 0.6 is 0 Å². The Morgan fingerprint density at radius 2 is 1.25 bits per heavy atom. The van der Waals surface area contributed by atoms with Gasteiger partial charge in [-0.25, -0.2) is 0 Å². The predicted molar refractivity (Wildman–Crippen MR) is 11.4 cm³/mol. The minimum Gasteiger partial charge on any atom is -0.512 e. The third-order valence-electron chi connectivity index (χ3n) is 0. The molecule has 4 heavy (non-hydrogen) atoms. The first kappa shape index (κ1) is 29.2. The quantitative estimate of drug-likeness (QED) is 0.350. The molecule has 1 radical (unpaired) electrons. The van der Waals surface area contributed by atoms with Crippen LogP contribution in [0, 0.1) is 19.3 Å². The molecule has 1 nitrogen and oxygen atoms in total. The first-order valence-corrected chi connectivity index (χ1v) is 0.224. The van der Waals surface area contributed by atoms with Gasteiger partial charge in [-0.05, 0) is 0 Å². The second-order valence-electron chi connectivity index (χ2n) is 0. The SMILES string of the molecule is [C-]#N.[CH3-].[Nb]. The van der Waals surface area contributed by atoms with Crippen molar-refractivity contribution in [3.05, 3.63) is 14.0 Å². The summed E-state index contributed by atoms with van der Waals surface area (Å²) in [6, 6.07) is 0. The van der Waals surface area contributed by atoms with Crippen LogP contribution in [0.25, 0.3) is 0 Å². The average molecular weight is 134 g/mol. The van der Waals surface area contributed by atoms with Crippen LogP contribution in [0.15, 0.2) is 0 Å². The molecular weight excluding hydrogens is 131 g/mol. The van der Waals surface area contributed by atoms with Gasteiger partial charge in [-0.15, -0.1) is 0 Å². The van der Waals surface area contributed by atoms with Gasteiger partial charge in [0.25, 0.3) is 0 Å². The molecule has 0 amide bonds. The predicted octanol–water partition coefficient (Wildman–Crippen LogP) is 0.544. The van der Waals surface area contributed by atoms with Gasteiger partial charge in [0.15, 0.2) is 0 Å². The van der Waals surface area contributed by atoms with Gasteiger partial charge in [0.2, 0.25) is 0 Å². The summed E-state index contributed by atoms with van der Waals surface area (Å²) < 4.78 is 0. The smallest absolute Gasteiger partial charge is 0 e. The van der Waals surface area contributed by atoms with E-state index in [1.54, 1.807) is 0 Å². The monoisotopic (exact) mass is 134 g/mol. The van der Waals surface area contributed by atoms with Gasteiger partial charge >= 0.3 is 0 Å². The van der Waals surface area contributed by atoms with Crippen molar-refractivity contribution in [2.24, 2.45) is 0 Å². The number of hydrogen-bond donors (Lipinski definition) is 0. The molecule has 0 atom stereocenters. The second-order valence-corrected chi connectivity index (χ2v) is 0. The molecule has 0 aliphatic rings.